The first-order chi connectivity index (χ1) is 5.66. The van der Waals surface area contributed by atoms with Crippen molar-refractivity contribution < 1.29 is 4.74 Å². The van der Waals surface area contributed by atoms with E-state index in [1.807, 2.05) is 6.07 Å². The lowest BCUT2D eigenvalue weighted by Crippen LogP contribution is -2.01. The maximum Gasteiger partial charge on any atom is 0.214 e. The highest BCUT2D eigenvalue weighted by Gasteiger charge is 2.08. The number of halogens is 2. The zero-order valence-electron chi connectivity index (χ0n) is 6.40. The van der Waals surface area contributed by atoms with Gasteiger partial charge in [-0.15, -0.1) is 0 Å². The third-order valence-corrected chi connectivity index (χ3v) is 2.70. The molecule has 0 aliphatic rings. The van der Waals surface area contributed by atoms with Gasteiger partial charge in [0.2, 0.25) is 5.90 Å². The van der Waals surface area contributed by atoms with Crippen molar-refractivity contribution in [3.8, 4) is 0 Å². The Labute approximate surface area is 84.1 Å². The molecule has 0 saturated carbocycles. The summed E-state index contributed by atoms with van der Waals surface area (Å²) in [6, 6.07) is 5.35. The molecule has 0 unspecified atom stereocenters. The van der Waals surface area contributed by atoms with Crippen LogP contribution in [0, 0.1) is 5.41 Å². The van der Waals surface area contributed by atoms with Gasteiger partial charge in [0.05, 0.1) is 17.7 Å². The molecular formula is C8H7BrClNO. The third-order valence-electron chi connectivity index (χ3n) is 1.40. The van der Waals surface area contributed by atoms with Crippen LogP contribution in [0.2, 0.25) is 5.02 Å². The number of rotatable bonds is 1. The summed E-state index contributed by atoms with van der Waals surface area (Å²) in [7, 11) is 1.44. The molecule has 4 heteroatoms. The quantitative estimate of drug-likeness (QED) is 0.601. The van der Waals surface area contributed by atoms with Gasteiger partial charge in [-0.3, -0.25) is 5.41 Å². The molecule has 0 heterocycles. The minimum atomic E-state index is 0.0706. The van der Waals surface area contributed by atoms with Gasteiger partial charge in [0.15, 0.2) is 0 Å². The third kappa shape index (κ3) is 1.79. The van der Waals surface area contributed by atoms with Gasteiger partial charge >= 0.3 is 0 Å². The van der Waals surface area contributed by atoms with Crippen molar-refractivity contribution >= 4 is 33.4 Å². The highest BCUT2D eigenvalue weighted by Crippen LogP contribution is 2.26. The summed E-state index contributed by atoms with van der Waals surface area (Å²) < 4.78 is 5.52. The minimum absolute atomic E-state index is 0.0706. The van der Waals surface area contributed by atoms with Gasteiger partial charge in [-0.2, -0.15) is 0 Å². The molecule has 0 aromatic heterocycles. The fourth-order valence-electron chi connectivity index (χ4n) is 0.789. The molecule has 0 aliphatic carbocycles. The molecule has 0 fully saturated rings. The summed E-state index contributed by atoms with van der Waals surface area (Å²) >= 11 is 9.16. The first-order valence-corrected chi connectivity index (χ1v) is 4.41. The van der Waals surface area contributed by atoms with Gasteiger partial charge < -0.3 is 4.74 Å². The van der Waals surface area contributed by atoms with Crippen LogP contribution in [0.15, 0.2) is 22.7 Å². The Morgan fingerprint density at radius 2 is 2.25 bits per heavy atom. The monoisotopic (exact) mass is 247 g/mol. The number of hydrogen-bond donors (Lipinski definition) is 1. The van der Waals surface area contributed by atoms with Gasteiger partial charge in [-0.25, -0.2) is 0 Å². The molecule has 0 saturated heterocycles. The second kappa shape index (κ2) is 3.92. The van der Waals surface area contributed by atoms with E-state index in [1.165, 1.54) is 7.11 Å². The molecule has 1 aromatic carbocycles. The molecule has 1 aromatic rings. The zero-order valence-corrected chi connectivity index (χ0v) is 8.74. The van der Waals surface area contributed by atoms with Crippen LogP contribution in [0.5, 0.6) is 0 Å². The van der Waals surface area contributed by atoms with Crippen molar-refractivity contribution in [2.45, 2.75) is 0 Å². The highest BCUT2D eigenvalue weighted by atomic mass is 79.9. The Kier molecular flexibility index (Phi) is 3.12. The van der Waals surface area contributed by atoms with Gasteiger partial charge in [0.1, 0.15) is 0 Å². The van der Waals surface area contributed by atoms with Crippen LogP contribution in [0.25, 0.3) is 0 Å². The van der Waals surface area contributed by atoms with Crippen molar-refractivity contribution in [3.63, 3.8) is 0 Å². The lowest BCUT2D eigenvalue weighted by atomic mass is 10.2. The van der Waals surface area contributed by atoms with Crippen LogP contribution >= 0.6 is 27.5 Å². The molecule has 2 nitrogen and oxygen atoms in total. The second-order valence-corrected chi connectivity index (χ2v) is 3.37. The minimum Gasteiger partial charge on any atom is -0.481 e. The predicted octanol–water partition coefficient (Wildman–Crippen LogP) is 3.07. The fraction of sp³-hybridized carbons (Fsp3) is 0.125. The first kappa shape index (κ1) is 9.55. The Morgan fingerprint density at radius 1 is 1.58 bits per heavy atom. The fourth-order valence-corrected chi connectivity index (χ4v) is 1.37. The summed E-state index contributed by atoms with van der Waals surface area (Å²) in [6.45, 7) is 0. The van der Waals surface area contributed by atoms with Crippen molar-refractivity contribution in [2.24, 2.45) is 0 Å². The summed E-state index contributed by atoms with van der Waals surface area (Å²) in [5.74, 6) is 0.0706. The molecule has 1 rings (SSSR count). The normalized spacial score (nSPS) is 9.58. The van der Waals surface area contributed by atoms with Crippen LogP contribution < -0.4 is 0 Å². The van der Waals surface area contributed by atoms with Crippen molar-refractivity contribution in [3.05, 3.63) is 33.3 Å². The summed E-state index contributed by atoms with van der Waals surface area (Å²) in [5, 5.41) is 7.89. The van der Waals surface area contributed by atoms with E-state index < -0.39 is 0 Å². The van der Waals surface area contributed by atoms with E-state index in [1.54, 1.807) is 12.1 Å². The van der Waals surface area contributed by atoms with Crippen LogP contribution in [-0.2, 0) is 4.74 Å². The maximum atomic E-state index is 7.39. The Morgan fingerprint density at radius 3 is 2.83 bits per heavy atom. The molecule has 0 radical (unpaired) electrons. The molecule has 64 valence electrons. The highest BCUT2D eigenvalue weighted by molar-refractivity contribution is 9.10. The number of nitrogens with one attached hydrogen (secondary N) is 1. The number of benzene rings is 1. The van der Waals surface area contributed by atoms with Gasteiger partial charge in [0.25, 0.3) is 0 Å². The summed E-state index contributed by atoms with van der Waals surface area (Å²) in [6.07, 6.45) is 0. The van der Waals surface area contributed by atoms with Crippen LogP contribution in [0.1, 0.15) is 5.56 Å². The van der Waals surface area contributed by atoms with Crippen LogP contribution in [-0.4, -0.2) is 13.0 Å². The Balaban J connectivity index is 3.16. The number of methoxy groups -OCH3 is 1. The summed E-state index contributed by atoms with van der Waals surface area (Å²) in [4.78, 5) is 0. The Hall–Kier alpha value is -0.540. The smallest absolute Gasteiger partial charge is 0.214 e. The molecular weight excluding hydrogens is 241 g/mol. The summed E-state index contributed by atoms with van der Waals surface area (Å²) in [5.41, 5.74) is 0.591. The Bertz CT molecular complexity index is 314. The van der Waals surface area contributed by atoms with Crippen molar-refractivity contribution in [1.82, 2.24) is 0 Å². The number of ether oxygens (including phenoxy) is 1. The van der Waals surface area contributed by atoms with E-state index in [9.17, 15) is 0 Å². The van der Waals surface area contributed by atoms with Gasteiger partial charge in [-0.05, 0) is 28.1 Å². The van der Waals surface area contributed by atoms with E-state index in [0.717, 1.165) is 4.47 Å². The zero-order chi connectivity index (χ0) is 9.14. The second-order valence-electron chi connectivity index (χ2n) is 2.13. The number of hydrogen-bond acceptors (Lipinski definition) is 2. The van der Waals surface area contributed by atoms with Crippen molar-refractivity contribution in [2.75, 3.05) is 7.11 Å². The van der Waals surface area contributed by atoms with E-state index in [4.69, 9.17) is 21.7 Å². The molecule has 0 spiro atoms. The van der Waals surface area contributed by atoms with E-state index >= 15 is 0 Å². The lowest BCUT2D eigenvalue weighted by molar-refractivity contribution is 0.401. The largest absolute Gasteiger partial charge is 0.481 e. The van der Waals surface area contributed by atoms with E-state index in [-0.39, 0.29) is 5.90 Å². The standard InChI is InChI=1S/C8H7BrClNO/c1-12-8(11)5-3-2-4-6(9)7(5)10/h2-4,11H,1H3. The average molecular weight is 249 g/mol. The predicted molar refractivity (Wildman–Crippen MR) is 53.0 cm³/mol. The van der Waals surface area contributed by atoms with Crippen molar-refractivity contribution in [1.29, 1.82) is 5.41 Å². The van der Waals surface area contributed by atoms with Crippen LogP contribution in [0.4, 0.5) is 0 Å². The topological polar surface area (TPSA) is 33.1 Å². The molecule has 0 amide bonds. The van der Waals surface area contributed by atoms with Gasteiger partial charge in [0, 0.05) is 4.47 Å². The van der Waals surface area contributed by atoms with Crippen LogP contribution in [0.3, 0.4) is 0 Å². The molecule has 0 bridgehead atoms. The molecule has 0 aliphatic heterocycles. The van der Waals surface area contributed by atoms with Gasteiger partial charge in [-0.1, -0.05) is 17.7 Å². The molecule has 12 heavy (non-hydrogen) atoms. The van der Waals surface area contributed by atoms with E-state index in [0.29, 0.717) is 10.6 Å². The van der Waals surface area contributed by atoms with E-state index in [2.05, 4.69) is 15.9 Å². The molecule has 0 atom stereocenters. The first-order valence-electron chi connectivity index (χ1n) is 3.23. The SMILES string of the molecule is COC(=N)c1cccc(Br)c1Cl. The maximum absolute atomic E-state index is 7.39. The lowest BCUT2D eigenvalue weighted by Gasteiger charge is -2.05. The molecule has 1 N–H and O–H groups in total. The average Bonchev–Trinajstić information content (AvgIpc) is 2.08.